The molecule has 0 spiro atoms. The van der Waals surface area contributed by atoms with Gasteiger partial charge in [0, 0.05) is 0 Å². The maximum Gasteiger partial charge on any atom is 0.397 e. The fourth-order valence-electron chi connectivity index (χ4n) is 3.22. The number of azo groups is 1. The van der Waals surface area contributed by atoms with Crippen LogP contribution in [0.25, 0.3) is 10.8 Å². The molecular formula is C18H17N5O13S4. The van der Waals surface area contributed by atoms with Crippen molar-refractivity contribution in [2.45, 2.75) is 14.7 Å². The summed E-state index contributed by atoms with van der Waals surface area (Å²) >= 11 is 0.303. The fraction of sp³-hybridized carbons (Fsp3) is 0.111. The maximum atomic E-state index is 12.3. The number of rotatable bonds is 12. The minimum Gasteiger partial charge on any atom is -0.505 e. The van der Waals surface area contributed by atoms with Gasteiger partial charge in [-0.2, -0.15) is 27.1 Å². The van der Waals surface area contributed by atoms with Gasteiger partial charge in [0.2, 0.25) is 1.41 Å². The van der Waals surface area contributed by atoms with Crippen molar-refractivity contribution < 1.29 is 59.7 Å². The Hall–Kier alpha value is -3.32. The average molecular weight is 641 g/mol. The molecule has 18 nitrogen and oxygen atoms in total. The summed E-state index contributed by atoms with van der Waals surface area (Å²) in [6, 6.07) is 6.50. The molecule has 0 saturated carbocycles. The number of nitrogens with zero attached hydrogens (tertiary/aromatic N) is 3. The quantitative estimate of drug-likeness (QED) is 0.0412. The molecule has 0 radical (unpaired) electrons. The molecule has 0 aromatic heterocycles. The summed E-state index contributed by atoms with van der Waals surface area (Å²) in [4.78, 5) is -1.23. The van der Waals surface area contributed by atoms with Crippen molar-refractivity contribution >= 4 is 75.9 Å². The number of sulfone groups is 1. The summed E-state index contributed by atoms with van der Waals surface area (Å²) in [5.74, 6) is -1.50. The minimum atomic E-state index is -5.00. The lowest BCUT2D eigenvalue weighted by molar-refractivity contribution is -0.432. The first-order valence-corrected chi connectivity index (χ1v) is 15.2. The average Bonchev–Trinajstić information content (AvgIpc) is 2.87. The number of benzene rings is 3. The van der Waals surface area contributed by atoms with E-state index >= 15 is 0 Å². The molecule has 3 aromatic carbocycles. The molecule has 0 aliphatic carbocycles. The Bertz CT molecular complexity index is 1850. The summed E-state index contributed by atoms with van der Waals surface area (Å²) in [6.07, 6.45) is 0. The lowest BCUT2D eigenvalue weighted by Crippen LogP contribution is -2.15. The molecule has 40 heavy (non-hydrogen) atoms. The standard InChI is InChI=1S/C18H17N5O13S4/c19-15-14-9(7-12(37-36-35-25)16(21-20)18(14)24)8-13(39(28,29)30)17(15)23-22-10-1-3-11(4-2-10)38(26,27)6-5-34-40(31,32)33/h1-4,7-8,20,24-25H,5-6,19H2,(H,28,29,30)(H,31,32,33)/i/hD. The number of anilines is 1. The number of phenolic OH excluding ortho intramolecular Hbond substituents is 1. The van der Waals surface area contributed by atoms with Crippen molar-refractivity contribution in [3.05, 3.63) is 36.4 Å². The van der Waals surface area contributed by atoms with Crippen molar-refractivity contribution in [2.75, 3.05) is 18.1 Å². The number of hydrogen-bond donors (Lipinski definition) is 6. The third-order valence-corrected chi connectivity index (χ3v) is 8.54. The van der Waals surface area contributed by atoms with Gasteiger partial charge in [0.25, 0.3) is 10.1 Å². The molecule has 0 amide bonds. The van der Waals surface area contributed by atoms with Crippen LogP contribution in [0.5, 0.6) is 5.75 Å². The Labute approximate surface area is 231 Å². The molecule has 0 heterocycles. The van der Waals surface area contributed by atoms with E-state index in [4.69, 9.17) is 17.0 Å². The Morgan fingerprint density at radius 3 is 2.27 bits per heavy atom. The Balaban J connectivity index is 2.07. The number of nitrogen functional groups attached to an aromatic ring is 1. The number of aromatic hydroxyl groups is 1. The first kappa shape index (κ1) is 29.7. The zero-order chi connectivity index (χ0) is 30.6. The lowest BCUT2D eigenvalue weighted by Gasteiger charge is -2.14. The van der Waals surface area contributed by atoms with Crippen LogP contribution in [0.1, 0.15) is 0 Å². The third-order valence-electron chi connectivity index (χ3n) is 4.89. The van der Waals surface area contributed by atoms with Crippen molar-refractivity contribution in [1.29, 1.82) is 5.52 Å². The van der Waals surface area contributed by atoms with E-state index in [9.17, 15) is 34.9 Å². The fourth-order valence-corrected chi connectivity index (χ4v) is 5.87. The van der Waals surface area contributed by atoms with Crippen molar-refractivity contribution in [3.8, 4) is 5.75 Å². The van der Waals surface area contributed by atoms with Gasteiger partial charge in [-0.15, -0.1) is 9.45 Å². The smallest absolute Gasteiger partial charge is 0.397 e. The van der Waals surface area contributed by atoms with Crippen LogP contribution in [0.3, 0.4) is 0 Å². The molecule has 7 N–H and O–H groups in total. The molecule has 0 aliphatic rings. The lowest BCUT2D eigenvalue weighted by atomic mass is 10.1. The molecule has 0 fully saturated rings. The summed E-state index contributed by atoms with van der Waals surface area (Å²) in [5.41, 5.74) is 7.36. The predicted molar refractivity (Wildman–Crippen MR) is 135 cm³/mol. The second-order valence-corrected chi connectivity index (χ2v) is 12.7. The highest BCUT2D eigenvalue weighted by molar-refractivity contribution is 7.94. The van der Waals surface area contributed by atoms with E-state index in [1.165, 1.54) is 0 Å². The van der Waals surface area contributed by atoms with Gasteiger partial charge in [0.1, 0.15) is 16.3 Å². The highest BCUT2D eigenvalue weighted by Gasteiger charge is 2.25. The van der Waals surface area contributed by atoms with Crippen molar-refractivity contribution in [1.82, 2.24) is 0 Å². The van der Waals surface area contributed by atoms with Gasteiger partial charge in [-0.05, 0) is 41.8 Å². The first-order chi connectivity index (χ1) is 19.1. The molecule has 216 valence electrons. The van der Waals surface area contributed by atoms with Gasteiger partial charge >= 0.3 is 10.4 Å². The largest absolute Gasteiger partial charge is 0.505 e. The maximum absolute atomic E-state index is 12.3. The van der Waals surface area contributed by atoms with E-state index in [0.717, 1.165) is 36.4 Å². The molecule has 0 saturated heterocycles. The van der Waals surface area contributed by atoms with Gasteiger partial charge in [-0.3, -0.25) is 9.11 Å². The molecule has 0 aliphatic heterocycles. The van der Waals surface area contributed by atoms with Crippen LogP contribution in [-0.4, -0.2) is 57.1 Å². The predicted octanol–water partition coefficient (Wildman–Crippen LogP) is 3.47. The molecule has 0 unspecified atom stereocenters. The summed E-state index contributed by atoms with van der Waals surface area (Å²) in [5, 5.41) is 33.3. The van der Waals surface area contributed by atoms with E-state index in [1.54, 1.807) is 0 Å². The Morgan fingerprint density at radius 2 is 1.70 bits per heavy atom. The second kappa shape index (κ2) is 12.0. The van der Waals surface area contributed by atoms with Gasteiger partial charge in [-0.25, -0.2) is 23.4 Å². The second-order valence-electron chi connectivity index (χ2n) is 7.37. The monoisotopic (exact) mass is 640 g/mol. The normalized spacial score (nSPS) is 13.4. The van der Waals surface area contributed by atoms with Gasteiger partial charge < -0.3 is 10.8 Å². The summed E-state index contributed by atoms with van der Waals surface area (Å²) < 4.78 is 104. The third kappa shape index (κ3) is 7.25. The van der Waals surface area contributed by atoms with Crippen LogP contribution in [0.15, 0.2) is 66.4 Å². The Morgan fingerprint density at radius 1 is 1.02 bits per heavy atom. The van der Waals surface area contributed by atoms with Crippen LogP contribution in [0, 0.1) is 5.52 Å². The number of nitrogens with two attached hydrogens (primary N) is 1. The topological polar surface area (TPSA) is 298 Å². The van der Waals surface area contributed by atoms with Crippen molar-refractivity contribution in [3.63, 3.8) is 0 Å². The van der Waals surface area contributed by atoms with Crippen LogP contribution >= 0.6 is 12.0 Å². The number of fused-ring (bicyclic) bond motifs is 1. The highest BCUT2D eigenvalue weighted by atomic mass is 32.3. The van der Waals surface area contributed by atoms with Crippen LogP contribution in [-0.2, 0) is 43.9 Å². The van der Waals surface area contributed by atoms with E-state index in [2.05, 4.69) is 34.4 Å². The molecular weight excluding hydrogens is 622 g/mol. The molecule has 22 heteroatoms. The van der Waals surface area contributed by atoms with Gasteiger partial charge in [0.15, 0.2) is 15.6 Å². The molecule has 3 rings (SSSR count). The molecule has 0 bridgehead atoms. The SMILES string of the molecule is [2H]N=Nc1c(SOOO)cc2cc(S(=O)(=O)O)c(N=Nc3ccc(S(=O)(=O)CCOS(=O)(=O)O)cc3)c(N)c2c1O. The summed E-state index contributed by atoms with van der Waals surface area (Å²) in [7, 11) is -13.9. The summed E-state index contributed by atoms with van der Waals surface area (Å²) in [6.45, 7) is -0.845. The molecule has 3 aromatic rings. The zero-order valence-electron chi connectivity index (χ0n) is 20.3. The zero-order valence-corrected chi connectivity index (χ0v) is 22.6. The number of hydrogen-bond acceptors (Lipinski definition) is 17. The van der Waals surface area contributed by atoms with Crippen LogP contribution in [0.2, 0.25) is 1.41 Å². The first-order valence-electron chi connectivity index (χ1n) is 10.5. The highest BCUT2D eigenvalue weighted by Crippen LogP contribution is 2.49. The molecule has 0 atom stereocenters. The van der Waals surface area contributed by atoms with Crippen molar-refractivity contribution in [2.24, 2.45) is 15.3 Å². The van der Waals surface area contributed by atoms with Crippen LogP contribution in [0.4, 0.5) is 22.7 Å². The van der Waals surface area contributed by atoms with Crippen LogP contribution < -0.4 is 5.73 Å². The van der Waals surface area contributed by atoms with Gasteiger partial charge in [-0.1, -0.05) is 5.04 Å². The van der Waals surface area contributed by atoms with E-state index in [1.807, 2.05) is 0 Å². The van der Waals surface area contributed by atoms with E-state index in [0.29, 0.717) is 12.0 Å². The minimum absolute atomic E-state index is 0.0280. The number of phenols is 1. The van der Waals surface area contributed by atoms with E-state index < -0.39 is 64.7 Å². The van der Waals surface area contributed by atoms with Gasteiger partial charge in [0.05, 0.1) is 51.0 Å². The Kier molecular flexibility index (Phi) is 8.93. The number of nitrogens with one attached hydrogen (secondary N) is 1. The van der Waals surface area contributed by atoms with E-state index in [-0.39, 0.29) is 31.9 Å².